The quantitative estimate of drug-likeness (QED) is 0.707. The van der Waals surface area contributed by atoms with Gasteiger partial charge in [0.15, 0.2) is 0 Å². The molecule has 1 aromatic rings. The van der Waals surface area contributed by atoms with Gasteiger partial charge in [-0.2, -0.15) is 13.2 Å². The van der Waals surface area contributed by atoms with E-state index in [-0.39, 0.29) is 10.5 Å². The van der Waals surface area contributed by atoms with Gasteiger partial charge in [-0.15, -0.1) is 0 Å². The predicted molar refractivity (Wildman–Crippen MR) is 79.6 cm³/mol. The van der Waals surface area contributed by atoms with Crippen molar-refractivity contribution in [3.8, 4) is 0 Å². The molecule has 0 spiro atoms. The number of benzene rings is 1. The Hall–Kier alpha value is -0.550. The van der Waals surface area contributed by atoms with Crippen molar-refractivity contribution < 1.29 is 13.2 Å². The van der Waals surface area contributed by atoms with Gasteiger partial charge in [0.2, 0.25) is 0 Å². The molecule has 0 radical (unpaired) electrons. The van der Waals surface area contributed by atoms with E-state index < -0.39 is 11.7 Å². The van der Waals surface area contributed by atoms with Crippen molar-refractivity contribution in [1.82, 2.24) is 5.32 Å². The maximum Gasteiger partial charge on any atom is 0.417 e. The number of halogens is 4. The average molecular weight is 352 g/mol. The third-order valence-corrected chi connectivity index (χ3v) is 4.16. The second kappa shape index (κ2) is 7.46. The van der Waals surface area contributed by atoms with Gasteiger partial charge in [-0.1, -0.05) is 48.7 Å². The minimum Gasteiger partial charge on any atom is -0.313 e. The van der Waals surface area contributed by atoms with Crippen molar-refractivity contribution in [2.75, 3.05) is 7.05 Å². The number of hydrogen-bond acceptors (Lipinski definition) is 1. The van der Waals surface area contributed by atoms with Gasteiger partial charge in [-0.3, -0.25) is 0 Å². The molecule has 2 unspecified atom stereocenters. The van der Waals surface area contributed by atoms with Crippen LogP contribution in [0.5, 0.6) is 0 Å². The molecule has 0 saturated heterocycles. The molecule has 1 N–H and O–H groups in total. The number of hydrogen-bond donors (Lipinski definition) is 1. The van der Waals surface area contributed by atoms with Crippen LogP contribution in [0.2, 0.25) is 0 Å². The average Bonchev–Trinajstić information content (AvgIpc) is 2.35. The van der Waals surface area contributed by atoms with E-state index in [1.54, 1.807) is 13.1 Å². The third-order valence-electron chi connectivity index (χ3n) is 3.47. The lowest BCUT2D eigenvalue weighted by Crippen LogP contribution is -2.20. The summed E-state index contributed by atoms with van der Waals surface area (Å²) >= 11 is 2.97. The van der Waals surface area contributed by atoms with Crippen LogP contribution >= 0.6 is 15.9 Å². The van der Waals surface area contributed by atoms with Crippen molar-refractivity contribution in [3.63, 3.8) is 0 Å². The highest BCUT2D eigenvalue weighted by Gasteiger charge is 2.33. The smallest absolute Gasteiger partial charge is 0.313 e. The van der Waals surface area contributed by atoms with Crippen molar-refractivity contribution in [2.45, 2.75) is 45.3 Å². The zero-order chi connectivity index (χ0) is 15.3. The molecule has 2 atom stereocenters. The van der Waals surface area contributed by atoms with Crippen LogP contribution in [0.4, 0.5) is 13.2 Å². The van der Waals surface area contributed by atoms with Crippen LogP contribution in [0.1, 0.15) is 50.3 Å². The van der Waals surface area contributed by atoms with Crippen molar-refractivity contribution in [2.24, 2.45) is 5.92 Å². The van der Waals surface area contributed by atoms with E-state index in [1.165, 1.54) is 12.1 Å². The molecular formula is C15H21BrF3N. The first-order valence-corrected chi connectivity index (χ1v) is 7.62. The largest absolute Gasteiger partial charge is 0.417 e. The first-order chi connectivity index (χ1) is 9.29. The highest BCUT2D eigenvalue weighted by atomic mass is 79.9. The summed E-state index contributed by atoms with van der Waals surface area (Å²) in [4.78, 5) is 0. The van der Waals surface area contributed by atoms with Crippen LogP contribution in [-0.2, 0) is 6.18 Å². The van der Waals surface area contributed by atoms with Gasteiger partial charge in [0.1, 0.15) is 0 Å². The number of alkyl halides is 3. The van der Waals surface area contributed by atoms with Crippen LogP contribution in [0, 0.1) is 5.92 Å². The monoisotopic (exact) mass is 351 g/mol. The molecule has 0 bridgehead atoms. The first kappa shape index (κ1) is 17.5. The van der Waals surface area contributed by atoms with E-state index >= 15 is 0 Å². The molecule has 20 heavy (non-hydrogen) atoms. The second-order valence-electron chi connectivity index (χ2n) is 5.21. The maximum atomic E-state index is 12.9. The summed E-state index contributed by atoms with van der Waals surface area (Å²) in [6, 6.07) is 4.42. The maximum absolute atomic E-state index is 12.9. The van der Waals surface area contributed by atoms with Crippen LogP contribution in [0.3, 0.4) is 0 Å². The zero-order valence-electron chi connectivity index (χ0n) is 12.0. The minimum absolute atomic E-state index is 0.0502. The molecule has 0 aliphatic carbocycles. The molecule has 1 rings (SSSR count). The molecule has 0 aromatic heterocycles. The lowest BCUT2D eigenvalue weighted by atomic mass is 9.92. The lowest BCUT2D eigenvalue weighted by molar-refractivity contribution is -0.138. The second-order valence-corrected chi connectivity index (χ2v) is 6.06. The molecule has 0 saturated carbocycles. The Bertz CT molecular complexity index is 432. The Kier molecular flexibility index (Phi) is 6.52. The molecule has 0 amide bonds. The van der Waals surface area contributed by atoms with Crippen molar-refractivity contribution in [3.05, 3.63) is 33.8 Å². The Morgan fingerprint density at radius 2 is 1.95 bits per heavy atom. The highest BCUT2D eigenvalue weighted by Crippen LogP contribution is 2.37. The minimum atomic E-state index is -4.33. The van der Waals surface area contributed by atoms with Crippen molar-refractivity contribution in [1.29, 1.82) is 0 Å². The lowest BCUT2D eigenvalue weighted by Gasteiger charge is -2.22. The van der Waals surface area contributed by atoms with Crippen LogP contribution in [-0.4, -0.2) is 7.05 Å². The van der Waals surface area contributed by atoms with Crippen LogP contribution in [0.25, 0.3) is 0 Å². The molecule has 1 aromatic carbocycles. The third kappa shape index (κ3) is 4.77. The topological polar surface area (TPSA) is 12.0 Å². The Balaban J connectivity index is 2.99. The summed E-state index contributed by atoms with van der Waals surface area (Å²) in [5, 5.41) is 3.12. The summed E-state index contributed by atoms with van der Waals surface area (Å²) in [5.41, 5.74) is 0.0735. The normalized spacial score (nSPS) is 15.2. The molecule has 0 fully saturated rings. The number of rotatable bonds is 6. The van der Waals surface area contributed by atoms with Gasteiger partial charge in [0.05, 0.1) is 5.56 Å². The van der Waals surface area contributed by atoms with Gasteiger partial charge in [-0.05, 0) is 37.1 Å². The summed E-state index contributed by atoms with van der Waals surface area (Å²) in [5.74, 6) is 0.482. The van der Waals surface area contributed by atoms with Gasteiger partial charge < -0.3 is 5.32 Å². The van der Waals surface area contributed by atoms with E-state index in [0.717, 1.165) is 19.3 Å². The Morgan fingerprint density at radius 3 is 2.45 bits per heavy atom. The molecule has 5 heteroatoms. The SMILES string of the molecule is CCCC(C)CC(NC)c1ccc(Br)c(C(F)(F)F)c1. The zero-order valence-corrected chi connectivity index (χ0v) is 13.6. The van der Waals surface area contributed by atoms with E-state index in [0.29, 0.717) is 11.5 Å². The summed E-state index contributed by atoms with van der Waals surface area (Å²) in [6.45, 7) is 4.25. The van der Waals surface area contributed by atoms with Crippen LogP contribution in [0.15, 0.2) is 22.7 Å². The molecular weight excluding hydrogens is 331 g/mol. The van der Waals surface area contributed by atoms with E-state index in [9.17, 15) is 13.2 Å². The highest BCUT2D eigenvalue weighted by molar-refractivity contribution is 9.10. The van der Waals surface area contributed by atoms with Crippen LogP contribution < -0.4 is 5.32 Å². The Labute approximate surface area is 127 Å². The summed E-state index contributed by atoms with van der Waals surface area (Å²) in [7, 11) is 1.79. The molecule has 0 aliphatic rings. The molecule has 1 nitrogen and oxygen atoms in total. The van der Waals surface area contributed by atoms with Gasteiger partial charge in [0, 0.05) is 10.5 Å². The van der Waals surface area contributed by atoms with Crippen molar-refractivity contribution >= 4 is 15.9 Å². The van der Waals surface area contributed by atoms with Gasteiger partial charge in [0.25, 0.3) is 0 Å². The van der Waals surface area contributed by atoms with Gasteiger partial charge in [-0.25, -0.2) is 0 Å². The molecule has 0 heterocycles. The van der Waals surface area contributed by atoms with E-state index in [4.69, 9.17) is 0 Å². The molecule has 0 aliphatic heterocycles. The fourth-order valence-electron chi connectivity index (χ4n) is 2.41. The fraction of sp³-hybridized carbons (Fsp3) is 0.600. The van der Waals surface area contributed by atoms with E-state index in [2.05, 4.69) is 35.1 Å². The standard InChI is InChI=1S/C15H21BrF3N/c1-4-5-10(2)8-14(20-3)11-6-7-13(16)12(9-11)15(17,18)19/h6-7,9-10,14,20H,4-5,8H2,1-3H3. The predicted octanol–water partition coefficient (Wildman–Crippen LogP) is 5.55. The Morgan fingerprint density at radius 1 is 1.30 bits per heavy atom. The number of nitrogens with one attached hydrogen (secondary N) is 1. The molecule has 114 valence electrons. The summed E-state index contributed by atoms with van der Waals surface area (Å²) < 4.78 is 38.9. The van der Waals surface area contributed by atoms with E-state index in [1.807, 2.05) is 0 Å². The first-order valence-electron chi connectivity index (χ1n) is 6.83. The summed E-state index contributed by atoms with van der Waals surface area (Å²) in [6.07, 6.45) is -1.32. The van der Waals surface area contributed by atoms with Gasteiger partial charge >= 0.3 is 6.18 Å². The fourth-order valence-corrected chi connectivity index (χ4v) is 2.88.